The predicted molar refractivity (Wildman–Crippen MR) is 105 cm³/mol. The van der Waals surface area contributed by atoms with Gasteiger partial charge in [-0.1, -0.05) is 60.7 Å². The summed E-state index contributed by atoms with van der Waals surface area (Å²) in [5.74, 6) is 0. The summed E-state index contributed by atoms with van der Waals surface area (Å²) in [6, 6.07) is 16.1. The second-order valence-corrected chi connectivity index (χ2v) is 10.1. The molecular formula is C21H23Cl2Zr-. The first kappa shape index (κ1) is 19.8. The molecule has 0 amide bonds. The number of aryl methyl sites for hydroxylation is 4. The number of hydrogen-bond donors (Lipinski definition) is 0. The van der Waals surface area contributed by atoms with Gasteiger partial charge in [-0.2, -0.15) is 6.07 Å². The fourth-order valence-corrected chi connectivity index (χ4v) is 3.41. The van der Waals surface area contributed by atoms with Gasteiger partial charge in [0, 0.05) is 0 Å². The summed E-state index contributed by atoms with van der Waals surface area (Å²) in [7, 11) is 9.87. The Kier molecular flexibility index (Phi) is 7.67. The van der Waals surface area contributed by atoms with Gasteiger partial charge in [0.05, 0.1) is 0 Å². The molecule has 0 aliphatic carbocycles. The van der Waals surface area contributed by atoms with Gasteiger partial charge in [0.25, 0.3) is 0 Å². The van der Waals surface area contributed by atoms with Crippen molar-refractivity contribution >= 4 is 27.8 Å². The van der Waals surface area contributed by atoms with Crippen LogP contribution in [0.2, 0.25) is 0 Å². The van der Waals surface area contributed by atoms with Crippen LogP contribution in [0.1, 0.15) is 35.6 Å². The molecule has 0 saturated carbocycles. The van der Waals surface area contributed by atoms with Crippen LogP contribution in [0.15, 0.2) is 42.5 Å². The quantitative estimate of drug-likeness (QED) is 0.373. The normalized spacial score (nSPS) is 10.4. The van der Waals surface area contributed by atoms with Crippen LogP contribution >= 0.6 is 17.0 Å². The van der Waals surface area contributed by atoms with Gasteiger partial charge in [0.2, 0.25) is 0 Å². The Morgan fingerprint density at radius 3 is 2.17 bits per heavy atom. The molecule has 3 aromatic carbocycles. The molecule has 24 heavy (non-hydrogen) atoms. The number of halogens is 2. The van der Waals surface area contributed by atoms with Gasteiger partial charge in [-0.15, -0.1) is 34.5 Å². The zero-order valence-electron chi connectivity index (χ0n) is 14.7. The minimum atomic E-state index is -0.826. The van der Waals surface area contributed by atoms with Crippen LogP contribution in [0.25, 0.3) is 21.9 Å². The van der Waals surface area contributed by atoms with Crippen LogP contribution in [0.4, 0.5) is 0 Å². The Bertz CT molecular complexity index is 798. The van der Waals surface area contributed by atoms with Gasteiger partial charge in [-0.05, 0) is 25.8 Å². The van der Waals surface area contributed by atoms with Gasteiger partial charge in [-0.25, -0.2) is 0 Å². The first-order valence-electron chi connectivity index (χ1n) is 8.24. The first-order chi connectivity index (χ1) is 11.5. The third kappa shape index (κ3) is 4.78. The zero-order valence-corrected chi connectivity index (χ0v) is 18.7. The summed E-state index contributed by atoms with van der Waals surface area (Å²) >= 11 is -0.826. The molecule has 0 bridgehead atoms. The minimum absolute atomic E-state index is 0.826. The molecule has 0 spiro atoms. The van der Waals surface area contributed by atoms with E-state index >= 15 is 0 Å². The molecule has 0 heterocycles. The Hall–Kier alpha value is -0.487. The Balaban J connectivity index is 0.000000647. The van der Waals surface area contributed by atoms with Gasteiger partial charge in [0.1, 0.15) is 0 Å². The topological polar surface area (TPSA) is 0 Å². The molecular weight excluding hydrogens is 414 g/mol. The molecule has 126 valence electrons. The van der Waals surface area contributed by atoms with E-state index < -0.39 is 20.8 Å². The molecule has 0 nitrogen and oxygen atoms in total. The van der Waals surface area contributed by atoms with E-state index in [0.29, 0.717) is 0 Å². The maximum absolute atomic E-state index is 4.93. The number of benzene rings is 2. The summed E-state index contributed by atoms with van der Waals surface area (Å²) in [4.78, 5) is 0. The van der Waals surface area contributed by atoms with Crippen molar-refractivity contribution in [2.75, 3.05) is 0 Å². The molecule has 0 aliphatic heterocycles. The second-order valence-electron chi connectivity index (χ2n) is 6.33. The molecule has 0 aliphatic rings. The van der Waals surface area contributed by atoms with Crippen LogP contribution in [-0.2, 0) is 27.3 Å². The van der Waals surface area contributed by atoms with Crippen LogP contribution in [0, 0.1) is 20.8 Å². The predicted octanol–water partition coefficient (Wildman–Crippen LogP) is 7.48. The van der Waals surface area contributed by atoms with Crippen LogP contribution in [-0.4, -0.2) is 0 Å². The molecule has 3 aromatic rings. The van der Waals surface area contributed by atoms with Gasteiger partial charge in [-0.3, -0.25) is 0 Å². The molecule has 0 aromatic heterocycles. The van der Waals surface area contributed by atoms with Crippen molar-refractivity contribution in [1.29, 1.82) is 0 Å². The van der Waals surface area contributed by atoms with Crippen LogP contribution in [0.5, 0.6) is 0 Å². The van der Waals surface area contributed by atoms with Crippen molar-refractivity contribution in [2.24, 2.45) is 0 Å². The Labute approximate surface area is 164 Å². The standard InChI is InChI=1S/C21H23.2ClH.Zr/c1-5-6-17-7-8-18-10-16(4)13-20(18)21(17)19-11-14(2)9-15(3)12-19;;;/h7-13H,5-6H2,1-4H3;2*1H;/q-1;;;+2/p-2. The van der Waals surface area contributed by atoms with E-state index in [1.54, 1.807) is 0 Å². The average molecular weight is 438 g/mol. The molecule has 0 fully saturated rings. The molecule has 0 radical (unpaired) electrons. The molecule has 3 rings (SSSR count). The van der Waals surface area contributed by atoms with E-state index in [-0.39, 0.29) is 0 Å². The van der Waals surface area contributed by atoms with Crippen LogP contribution < -0.4 is 0 Å². The third-order valence-corrected chi connectivity index (χ3v) is 4.15. The van der Waals surface area contributed by atoms with Crippen LogP contribution in [0.3, 0.4) is 0 Å². The number of rotatable bonds is 3. The monoisotopic (exact) mass is 435 g/mol. The van der Waals surface area contributed by atoms with Crippen molar-refractivity contribution in [1.82, 2.24) is 0 Å². The van der Waals surface area contributed by atoms with E-state index in [4.69, 9.17) is 17.0 Å². The van der Waals surface area contributed by atoms with E-state index in [1.165, 1.54) is 50.6 Å². The SMILES string of the molecule is CCCc1ccc2[cH-]c(C)cc2c1-c1cc(C)cc(C)c1.[Cl][Zr][Cl]. The fourth-order valence-electron chi connectivity index (χ4n) is 3.41. The number of hydrogen-bond acceptors (Lipinski definition) is 0. The first-order valence-corrected chi connectivity index (χ1v) is 14.6. The summed E-state index contributed by atoms with van der Waals surface area (Å²) in [6.07, 6.45) is 2.32. The Morgan fingerprint density at radius 2 is 1.58 bits per heavy atom. The zero-order chi connectivity index (χ0) is 17.7. The number of fused-ring (bicyclic) bond motifs is 1. The molecule has 0 unspecified atom stereocenters. The second kappa shape index (κ2) is 9.28. The molecule has 3 heteroatoms. The third-order valence-electron chi connectivity index (χ3n) is 4.15. The molecule has 0 atom stereocenters. The van der Waals surface area contributed by atoms with E-state index in [2.05, 4.69) is 70.2 Å². The van der Waals surface area contributed by atoms with Gasteiger partial charge >= 0.3 is 37.9 Å². The van der Waals surface area contributed by atoms with Crippen molar-refractivity contribution < 1.29 is 20.8 Å². The molecule has 0 saturated heterocycles. The fraction of sp³-hybridized carbons (Fsp3) is 0.286. The van der Waals surface area contributed by atoms with Crippen molar-refractivity contribution in [3.63, 3.8) is 0 Å². The van der Waals surface area contributed by atoms with E-state index in [9.17, 15) is 0 Å². The maximum atomic E-state index is 4.93. The summed E-state index contributed by atoms with van der Waals surface area (Å²) < 4.78 is 0. The van der Waals surface area contributed by atoms with Crippen molar-refractivity contribution in [3.05, 3.63) is 64.7 Å². The van der Waals surface area contributed by atoms with Gasteiger partial charge in [0.15, 0.2) is 0 Å². The summed E-state index contributed by atoms with van der Waals surface area (Å²) in [6.45, 7) is 8.81. The molecule has 0 N–H and O–H groups in total. The summed E-state index contributed by atoms with van der Waals surface area (Å²) in [5, 5.41) is 2.77. The summed E-state index contributed by atoms with van der Waals surface area (Å²) in [5.41, 5.74) is 8.31. The van der Waals surface area contributed by atoms with E-state index in [1.807, 2.05) is 0 Å². The van der Waals surface area contributed by atoms with Crippen molar-refractivity contribution in [2.45, 2.75) is 40.5 Å². The Morgan fingerprint density at radius 1 is 0.958 bits per heavy atom. The van der Waals surface area contributed by atoms with Gasteiger partial charge < -0.3 is 0 Å². The van der Waals surface area contributed by atoms with E-state index in [0.717, 1.165) is 6.42 Å². The average Bonchev–Trinajstić information content (AvgIpc) is 2.87. The van der Waals surface area contributed by atoms with Crippen molar-refractivity contribution in [3.8, 4) is 11.1 Å².